The normalized spacial score (nSPS) is 17.0. The third-order valence-electron chi connectivity index (χ3n) is 6.84. The molecule has 2 aromatic rings. The van der Waals surface area contributed by atoms with E-state index in [2.05, 4.69) is 18.7 Å². The summed E-state index contributed by atoms with van der Waals surface area (Å²) in [6, 6.07) is 13.5. The van der Waals surface area contributed by atoms with Gasteiger partial charge in [0.25, 0.3) is 11.7 Å². The van der Waals surface area contributed by atoms with Crippen molar-refractivity contribution in [2.75, 3.05) is 40.4 Å². The van der Waals surface area contributed by atoms with E-state index >= 15 is 0 Å². The Morgan fingerprint density at radius 1 is 0.892 bits per heavy atom. The Kier molecular flexibility index (Phi) is 10.6. The lowest BCUT2D eigenvalue weighted by molar-refractivity contribution is -0.140. The predicted octanol–water partition coefficient (Wildman–Crippen LogP) is 5.42. The van der Waals surface area contributed by atoms with Crippen LogP contribution in [0.2, 0.25) is 0 Å². The number of methoxy groups -OCH3 is 2. The van der Waals surface area contributed by atoms with Crippen LogP contribution in [0.25, 0.3) is 5.76 Å². The number of benzene rings is 2. The number of Topliss-reactive ketones (excluding diaryl/α,β-unsaturated/α-hetero) is 1. The Labute approximate surface area is 220 Å². The number of likely N-dealkylation sites (tertiary alicyclic amines) is 1. The number of hydrogen-bond donors (Lipinski definition) is 1. The summed E-state index contributed by atoms with van der Waals surface area (Å²) in [5, 5.41) is 11.2. The van der Waals surface area contributed by atoms with Crippen molar-refractivity contribution >= 4 is 17.4 Å². The standard InChI is InChI=1S/C30H40N2O5/c1-5-7-17-31(18-8-6-2)19-12-20-32-27(23-15-16-24(36-3)25(21-23)37-4)26(29(34)30(32)35)28(33)22-13-10-9-11-14-22/h9-11,13-16,21,27,33H,5-8,12,17-20H2,1-4H3/t27-/m0/s1. The largest absolute Gasteiger partial charge is 0.507 e. The monoisotopic (exact) mass is 508 g/mol. The van der Waals surface area contributed by atoms with E-state index in [9.17, 15) is 14.7 Å². The average Bonchev–Trinajstić information content (AvgIpc) is 3.18. The molecule has 0 aromatic heterocycles. The summed E-state index contributed by atoms with van der Waals surface area (Å²) in [7, 11) is 3.10. The van der Waals surface area contributed by atoms with E-state index in [0.29, 0.717) is 29.2 Å². The van der Waals surface area contributed by atoms with Gasteiger partial charge in [0.15, 0.2) is 11.5 Å². The number of amides is 1. The van der Waals surface area contributed by atoms with E-state index in [1.165, 1.54) is 0 Å². The molecule has 2 aromatic carbocycles. The van der Waals surface area contributed by atoms with Crippen LogP contribution in [-0.2, 0) is 9.59 Å². The SMILES string of the molecule is CCCCN(CCCC)CCCN1C(=O)C(=O)C(=C(O)c2ccccc2)[C@@H]1c1ccc(OC)c(OC)c1. The van der Waals surface area contributed by atoms with Crippen molar-refractivity contribution in [3.63, 3.8) is 0 Å². The van der Waals surface area contributed by atoms with E-state index in [0.717, 1.165) is 51.7 Å². The van der Waals surface area contributed by atoms with Crippen LogP contribution in [0.5, 0.6) is 11.5 Å². The van der Waals surface area contributed by atoms with Gasteiger partial charge in [-0.2, -0.15) is 0 Å². The predicted molar refractivity (Wildman–Crippen MR) is 146 cm³/mol. The first kappa shape index (κ1) is 28.3. The van der Waals surface area contributed by atoms with Crippen molar-refractivity contribution < 1.29 is 24.2 Å². The van der Waals surface area contributed by atoms with Crippen LogP contribution >= 0.6 is 0 Å². The zero-order valence-corrected chi connectivity index (χ0v) is 22.5. The molecule has 3 rings (SSSR count). The highest BCUT2D eigenvalue weighted by molar-refractivity contribution is 6.46. The van der Waals surface area contributed by atoms with Crippen LogP contribution in [0.4, 0.5) is 0 Å². The second-order valence-corrected chi connectivity index (χ2v) is 9.38. The maximum atomic E-state index is 13.3. The molecule has 1 aliphatic rings. The third-order valence-corrected chi connectivity index (χ3v) is 6.84. The zero-order chi connectivity index (χ0) is 26.8. The Morgan fingerprint density at radius 3 is 2.11 bits per heavy atom. The molecule has 0 spiro atoms. The lowest BCUT2D eigenvalue weighted by Gasteiger charge is -2.28. The van der Waals surface area contributed by atoms with Crippen LogP contribution in [0, 0.1) is 0 Å². The maximum Gasteiger partial charge on any atom is 0.295 e. The fourth-order valence-corrected chi connectivity index (χ4v) is 4.80. The van der Waals surface area contributed by atoms with Crippen LogP contribution in [-0.4, -0.2) is 67.0 Å². The van der Waals surface area contributed by atoms with Gasteiger partial charge in [0.05, 0.1) is 25.8 Å². The molecule has 1 aliphatic heterocycles. The Balaban J connectivity index is 1.96. The first-order valence-corrected chi connectivity index (χ1v) is 13.2. The molecule has 37 heavy (non-hydrogen) atoms. The van der Waals surface area contributed by atoms with Gasteiger partial charge >= 0.3 is 0 Å². The molecule has 1 atom stereocenters. The quantitative estimate of drug-likeness (QED) is 0.209. The molecule has 1 fully saturated rings. The fourth-order valence-electron chi connectivity index (χ4n) is 4.80. The maximum absolute atomic E-state index is 13.3. The van der Waals surface area contributed by atoms with Crippen molar-refractivity contribution in [3.05, 3.63) is 65.2 Å². The summed E-state index contributed by atoms with van der Waals surface area (Å²) >= 11 is 0. The molecule has 0 bridgehead atoms. The van der Waals surface area contributed by atoms with E-state index in [1.54, 1.807) is 55.5 Å². The minimum absolute atomic E-state index is 0.0947. The van der Waals surface area contributed by atoms with Gasteiger partial charge in [0, 0.05) is 12.1 Å². The Hall–Kier alpha value is -3.32. The third kappa shape index (κ3) is 6.72. The highest BCUT2D eigenvalue weighted by Crippen LogP contribution is 2.42. The van der Waals surface area contributed by atoms with Gasteiger partial charge in [0.2, 0.25) is 0 Å². The molecule has 200 valence electrons. The van der Waals surface area contributed by atoms with Gasteiger partial charge in [-0.15, -0.1) is 0 Å². The Morgan fingerprint density at radius 2 is 1.51 bits per heavy atom. The molecule has 0 radical (unpaired) electrons. The second kappa shape index (κ2) is 13.8. The number of aliphatic hydroxyl groups excluding tert-OH is 1. The van der Waals surface area contributed by atoms with E-state index in [-0.39, 0.29) is 11.3 Å². The smallest absolute Gasteiger partial charge is 0.295 e. The molecule has 7 heteroatoms. The first-order valence-electron chi connectivity index (χ1n) is 13.2. The Bertz CT molecular complexity index is 1070. The van der Waals surface area contributed by atoms with Gasteiger partial charge in [-0.25, -0.2) is 0 Å². The van der Waals surface area contributed by atoms with Gasteiger partial charge in [0.1, 0.15) is 5.76 Å². The molecular weight excluding hydrogens is 468 g/mol. The summed E-state index contributed by atoms with van der Waals surface area (Å²) in [4.78, 5) is 30.6. The number of unbranched alkanes of at least 4 members (excludes halogenated alkanes) is 2. The van der Waals surface area contributed by atoms with E-state index in [4.69, 9.17) is 9.47 Å². The van der Waals surface area contributed by atoms with Crippen LogP contribution in [0.1, 0.15) is 63.1 Å². The molecule has 1 saturated heterocycles. The number of aliphatic hydroxyl groups is 1. The minimum Gasteiger partial charge on any atom is -0.507 e. The summed E-state index contributed by atoms with van der Waals surface area (Å²) in [5.41, 5.74) is 1.27. The van der Waals surface area contributed by atoms with Crippen LogP contribution in [0.15, 0.2) is 54.1 Å². The van der Waals surface area contributed by atoms with Gasteiger partial charge in [-0.3, -0.25) is 9.59 Å². The lowest BCUT2D eigenvalue weighted by Crippen LogP contribution is -2.34. The molecular formula is C30H40N2O5. The lowest BCUT2D eigenvalue weighted by atomic mass is 9.95. The van der Waals surface area contributed by atoms with Gasteiger partial charge < -0.3 is 24.4 Å². The van der Waals surface area contributed by atoms with E-state index < -0.39 is 17.7 Å². The molecule has 0 aliphatic carbocycles. The molecule has 1 N–H and O–H groups in total. The molecule has 7 nitrogen and oxygen atoms in total. The van der Waals surface area contributed by atoms with Gasteiger partial charge in [-0.05, 0) is 56.6 Å². The van der Waals surface area contributed by atoms with Crippen molar-refractivity contribution in [2.45, 2.75) is 52.0 Å². The highest BCUT2D eigenvalue weighted by atomic mass is 16.5. The summed E-state index contributed by atoms with van der Waals surface area (Å²) in [5.74, 6) is -0.390. The topological polar surface area (TPSA) is 79.3 Å². The number of rotatable bonds is 14. The number of ketones is 1. The fraction of sp³-hybridized carbons (Fsp3) is 0.467. The molecule has 1 heterocycles. The molecule has 1 amide bonds. The highest BCUT2D eigenvalue weighted by Gasteiger charge is 2.46. The van der Waals surface area contributed by atoms with Gasteiger partial charge in [-0.1, -0.05) is 63.1 Å². The summed E-state index contributed by atoms with van der Waals surface area (Å²) in [6.07, 6.45) is 5.27. The number of hydrogen-bond acceptors (Lipinski definition) is 6. The number of carbonyl (C=O) groups excluding carboxylic acids is 2. The van der Waals surface area contributed by atoms with Crippen LogP contribution in [0.3, 0.4) is 0 Å². The van der Waals surface area contributed by atoms with Crippen molar-refractivity contribution in [1.29, 1.82) is 0 Å². The van der Waals surface area contributed by atoms with E-state index in [1.807, 2.05) is 12.1 Å². The average molecular weight is 509 g/mol. The number of ether oxygens (including phenoxy) is 2. The minimum atomic E-state index is -0.722. The van der Waals surface area contributed by atoms with Crippen molar-refractivity contribution in [2.24, 2.45) is 0 Å². The number of carbonyl (C=O) groups is 2. The summed E-state index contributed by atoms with van der Waals surface area (Å²) < 4.78 is 10.9. The number of nitrogens with zero attached hydrogens (tertiary/aromatic N) is 2. The summed E-state index contributed by atoms with van der Waals surface area (Å²) in [6.45, 7) is 7.69. The molecule has 0 saturated carbocycles. The van der Waals surface area contributed by atoms with Crippen molar-refractivity contribution in [1.82, 2.24) is 9.80 Å². The second-order valence-electron chi connectivity index (χ2n) is 9.38. The first-order chi connectivity index (χ1) is 18.0. The van der Waals surface area contributed by atoms with Crippen molar-refractivity contribution in [3.8, 4) is 11.5 Å². The zero-order valence-electron chi connectivity index (χ0n) is 22.5. The van der Waals surface area contributed by atoms with Crippen LogP contribution < -0.4 is 9.47 Å². The molecule has 0 unspecified atom stereocenters.